The van der Waals surface area contributed by atoms with Gasteiger partial charge in [-0.15, -0.1) is 0 Å². The quantitative estimate of drug-likeness (QED) is 0.579. The van der Waals surface area contributed by atoms with Crippen LogP contribution in [0.15, 0.2) is 84.9 Å². The fraction of sp³-hybridized carbons (Fsp3) is 0.296. The fourth-order valence-corrected chi connectivity index (χ4v) is 4.43. The van der Waals surface area contributed by atoms with Crippen molar-refractivity contribution in [1.82, 2.24) is 10.2 Å². The molecule has 0 aromatic heterocycles. The average molecular weight is 417 g/mol. The Labute approximate surface area is 183 Å². The highest BCUT2D eigenvalue weighted by atomic mass is 19.1. The fourth-order valence-electron chi connectivity index (χ4n) is 4.43. The zero-order valence-electron chi connectivity index (χ0n) is 17.7. The first-order chi connectivity index (χ1) is 15.2. The zero-order chi connectivity index (χ0) is 21.5. The van der Waals surface area contributed by atoms with E-state index in [4.69, 9.17) is 0 Å². The minimum absolute atomic E-state index is 0.0313. The van der Waals surface area contributed by atoms with E-state index in [0.29, 0.717) is 19.6 Å². The van der Waals surface area contributed by atoms with Crippen LogP contribution in [-0.2, 0) is 17.8 Å². The molecule has 3 aromatic rings. The van der Waals surface area contributed by atoms with E-state index in [1.165, 1.54) is 23.3 Å². The van der Waals surface area contributed by atoms with Crippen LogP contribution in [-0.4, -0.2) is 23.9 Å². The number of likely N-dealkylation sites (tertiary alicyclic amines) is 1. The molecule has 1 saturated heterocycles. The molecule has 1 aliphatic heterocycles. The maximum absolute atomic E-state index is 13.3. The Bertz CT molecular complexity index is 960. The molecule has 0 bridgehead atoms. The van der Waals surface area contributed by atoms with Crippen LogP contribution < -0.4 is 5.32 Å². The smallest absolute Gasteiger partial charge is 0.224 e. The topological polar surface area (TPSA) is 32.3 Å². The number of rotatable bonds is 7. The molecule has 4 heteroatoms. The van der Waals surface area contributed by atoms with Gasteiger partial charge in [-0.1, -0.05) is 72.8 Å². The van der Waals surface area contributed by atoms with E-state index >= 15 is 0 Å². The van der Waals surface area contributed by atoms with E-state index in [2.05, 4.69) is 46.6 Å². The number of piperidine rings is 1. The summed E-state index contributed by atoms with van der Waals surface area (Å²) in [4.78, 5) is 15.3. The Morgan fingerprint density at radius 2 is 1.55 bits per heavy atom. The van der Waals surface area contributed by atoms with E-state index in [1.807, 2.05) is 36.4 Å². The molecule has 1 aliphatic rings. The molecule has 2 atom stereocenters. The van der Waals surface area contributed by atoms with Crippen LogP contribution in [0.2, 0.25) is 0 Å². The Morgan fingerprint density at radius 1 is 0.871 bits per heavy atom. The highest BCUT2D eigenvalue weighted by molar-refractivity contribution is 5.79. The molecular weight excluding hydrogens is 387 g/mol. The summed E-state index contributed by atoms with van der Waals surface area (Å²) in [5.41, 5.74) is 3.56. The number of nitrogens with one attached hydrogen (secondary N) is 1. The highest BCUT2D eigenvalue weighted by Crippen LogP contribution is 2.34. The van der Waals surface area contributed by atoms with Gasteiger partial charge in [-0.05, 0) is 48.1 Å². The number of amides is 1. The summed E-state index contributed by atoms with van der Waals surface area (Å²) in [5.74, 6) is -0.125. The number of carbonyl (C=O) groups excluding carboxylic acids is 1. The molecule has 1 N–H and O–H groups in total. The predicted molar refractivity (Wildman–Crippen MR) is 122 cm³/mol. The number of carbonyl (C=O) groups is 1. The van der Waals surface area contributed by atoms with Gasteiger partial charge in [0.15, 0.2) is 0 Å². The second-order valence-electron chi connectivity index (χ2n) is 8.28. The van der Waals surface area contributed by atoms with Gasteiger partial charge >= 0.3 is 0 Å². The largest absolute Gasteiger partial charge is 0.355 e. The van der Waals surface area contributed by atoms with Crippen LogP contribution in [0.3, 0.4) is 0 Å². The van der Waals surface area contributed by atoms with E-state index in [1.54, 1.807) is 0 Å². The Morgan fingerprint density at radius 3 is 2.26 bits per heavy atom. The molecule has 0 spiro atoms. The number of benzene rings is 3. The van der Waals surface area contributed by atoms with Crippen LogP contribution >= 0.6 is 0 Å². The summed E-state index contributed by atoms with van der Waals surface area (Å²) < 4.78 is 13.3. The van der Waals surface area contributed by atoms with Gasteiger partial charge in [0.05, 0.1) is 5.92 Å². The minimum Gasteiger partial charge on any atom is -0.355 e. The highest BCUT2D eigenvalue weighted by Gasteiger charge is 2.32. The van der Waals surface area contributed by atoms with E-state index in [-0.39, 0.29) is 23.7 Å². The maximum atomic E-state index is 13.3. The van der Waals surface area contributed by atoms with Crippen LogP contribution in [0.1, 0.15) is 35.6 Å². The summed E-state index contributed by atoms with van der Waals surface area (Å²) in [5, 5.41) is 3.13. The molecule has 0 radical (unpaired) electrons. The van der Waals surface area contributed by atoms with Crippen molar-refractivity contribution >= 4 is 5.91 Å². The van der Waals surface area contributed by atoms with Crippen molar-refractivity contribution in [3.8, 4) is 0 Å². The monoisotopic (exact) mass is 416 g/mol. The van der Waals surface area contributed by atoms with Crippen LogP contribution in [0, 0.1) is 11.7 Å². The van der Waals surface area contributed by atoms with Crippen molar-refractivity contribution in [3.63, 3.8) is 0 Å². The van der Waals surface area contributed by atoms with E-state index in [9.17, 15) is 9.18 Å². The second kappa shape index (κ2) is 10.4. The van der Waals surface area contributed by atoms with Gasteiger partial charge in [-0.2, -0.15) is 0 Å². The third-order valence-electron chi connectivity index (χ3n) is 6.09. The number of halogens is 1. The molecule has 3 nitrogen and oxygen atoms in total. The lowest BCUT2D eigenvalue weighted by molar-refractivity contribution is -0.127. The second-order valence-corrected chi connectivity index (χ2v) is 8.28. The first kappa shape index (κ1) is 21.3. The summed E-state index contributed by atoms with van der Waals surface area (Å²) in [7, 11) is 0. The molecular formula is C27H29FN2O. The van der Waals surface area contributed by atoms with Crippen LogP contribution in [0.5, 0.6) is 0 Å². The molecule has 31 heavy (non-hydrogen) atoms. The van der Waals surface area contributed by atoms with Crippen molar-refractivity contribution in [1.29, 1.82) is 0 Å². The zero-order valence-corrected chi connectivity index (χ0v) is 17.7. The SMILES string of the molecule is O=C(NCCc1ccccc1)[C@@H]1CC[C@@H](c2ccccc2)N(Cc2ccc(F)cc2)C1. The minimum atomic E-state index is -0.224. The van der Waals surface area contributed by atoms with Crippen molar-refractivity contribution in [2.45, 2.75) is 31.8 Å². The van der Waals surface area contributed by atoms with Crippen molar-refractivity contribution in [2.75, 3.05) is 13.1 Å². The Hall–Kier alpha value is -2.98. The maximum Gasteiger partial charge on any atom is 0.224 e. The molecule has 0 aliphatic carbocycles. The molecule has 0 unspecified atom stereocenters. The van der Waals surface area contributed by atoms with E-state index in [0.717, 1.165) is 24.8 Å². The molecule has 1 fully saturated rings. The van der Waals surface area contributed by atoms with Gasteiger partial charge in [-0.3, -0.25) is 9.69 Å². The number of nitrogens with zero attached hydrogens (tertiary/aromatic N) is 1. The van der Waals surface area contributed by atoms with Gasteiger partial charge in [0.25, 0.3) is 0 Å². The lowest BCUT2D eigenvalue weighted by Crippen LogP contribution is -2.44. The first-order valence-corrected chi connectivity index (χ1v) is 11.0. The summed E-state index contributed by atoms with van der Waals surface area (Å²) in [6, 6.07) is 27.6. The van der Waals surface area contributed by atoms with Gasteiger partial charge < -0.3 is 5.32 Å². The van der Waals surface area contributed by atoms with Gasteiger partial charge in [0, 0.05) is 25.7 Å². The molecule has 0 saturated carbocycles. The molecule has 1 amide bonds. The normalized spacial score (nSPS) is 19.1. The summed E-state index contributed by atoms with van der Waals surface area (Å²) in [6.07, 6.45) is 2.64. The van der Waals surface area contributed by atoms with Crippen LogP contribution in [0.4, 0.5) is 4.39 Å². The van der Waals surface area contributed by atoms with Crippen molar-refractivity contribution in [2.24, 2.45) is 5.92 Å². The standard InChI is InChI=1S/C27H29FN2O/c28-25-14-11-22(12-15-25)19-30-20-24(13-16-26(30)23-9-5-2-6-10-23)27(31)29-18-17-21-7-3-1-4-8-21/h1-12,14-15,24,26H,13,16-20H2,(H,29,31)/t24-,26+/m1/s1. The van der Waals surface area contributed by atoms with Gasteiger partial charge in [0.1, 0.15) is 5.82 Å². The Kier molecular flexibility index (Phi) is 7.11. The summed E-state index contributed by atoms with van der Waals surface area (Å²) >= 11 is 0. The van der Waals surface area contributed by atoms with Gasteiger partial charge in [-0.25, -0.2) is 4.39 Å². The van der Waals surface area contributed by atoms with Crippen LogP contribution in [0.25, 0.3) is 0 Å². The lowest BCUT2D eigenvalue weighted by Gasteiger charge is -2.39. The van der Waals surface area contributed by atoms with Gasteiger partial charge in [0.2, 0.25) is 5.91 Å². The van der Waals surface area contributed by atoms with E-state index < -0.39 is 0 Å². The number of hydrogen-bond donors (Lipinski definition) is 1. The van der Waals surface area contributed by atoms with Crippen molar-refractivity contribution < 1.29 is 9.18 Å². The molecule has 3 aromatic carbocycles. The first-order valence-electron chi connectivity index (χ1n) is 11.0. The predicted octanol–water partition coefficient (Wildman–Crippen LogP) is 5.14. The van der Waals surface area contributed by atoms with Crippen molar-refractivity contribution in [3.05, 3.63) is 107 Å². The molecule has 4 rings (SSSR count). The Balaban J connectivity index is 1.41. The summed E-state index contributed by atoms with van der Waals surface area (Å²) in [6.45, 7) is 2.06. The molecule has 160 valence electrons. The average Bonchev–Trinajstić information content (AvgIpc) is 2.82. The third kappa shape index (κ3) is 5.80. The third-order valence-corrected chi connectivity index (χ3v) is 6.09. The molecule has 1 heterocycles. The lowest BCUT2D eigenvalue weighted by atomic mass is 9.88. The number of hydrogen-bond acceptors (Lipinski definition) is 2.